The zero-order chi connectivity index (χ0) is 15.9. The number of amides is 1. The van der Waals surface area contributed by atoms with Gasteiger partial charge in [-0.1, -0.05) is 12.1 Å². The molecule has 0 aromatic heterocycles. The zero-order valence-corrected chi connectivity index (χ0v) is 16.1. The SMILES string of the molecule is Cl.O=C(COc1ccc(C2SCCCS2)cc1)NC1CCCNC1. The number of halogens is 1. The third-order valence-electron chi connectivity index (χ3n) is 4.01. The molecule has 1 unspecified atom stereocenters. The molecule has 0 saturated carbocycles. The quantitative estimate of drug-likeness (QED) is 0.811. The van der Waals surface area contributed by atoms with Crippen LogP contribution in [0.25, 0.3) is 0 Å². The second-order valence-electron chi connectivity index (χ2n) is 5.90. The van der Waals surface area contributed by atoms with Crippen molar-refractivity contribution in [1.29, 1.82) is 0 Å². The fourth-order valence-corrected chi connectivity index (χ4v) is 5.69. The molecule has 0 spiro atoms. The Morgan fingerprint density at radius 3 is 2.62 bits per heavy atom. The number of carbonyl (C=O) groups is 1. The zero-order valence-electron chi connectivity index (χ0n) is 13.7. The smallest absolute Gasteiger partial charge is 0.258 e. The highest BCUT2D eigenvalue weighted by Gasteiger charge is 2.17. The Morgan fingerprint density at radius 2 is 1.96 bits per heavy atom. The summed E-state index contributed by atoms with van der Waals surface area (Å²) in [6.07, 6.45) is 3.47. The molecule has 4 nitrogen and oxygen atoms in total. The Bertz CT molecular complexity index is 504. The van der Waals surface area contributed by atoms with Gasteiger partial charge in [0.15, 0.2) is 6.61 Å². The van der Waals surface area contributed by atoms with Gasteiger partial charge in [0.05, 0.1) is 4.58 Å². The molecule has 0 radical (unpaired) electrons. The number of benzene rings is 1. The van der Waals surface area contributed by atoms with E-state index in [9.17, 15) is 4.79 Å². The molecule has 0 aliphatic carbocycles. The Balaban J connectivity index is 0.00000208. The molecule has 0 bridgehead atoms. The van der Waals surface area contributed by atoms with Crippen LogP contribution in [0.3, 0.4) is 0 Å². The molecule has 7 heteroatoms. The van der Waals surface area contributed by atoms with Gasteiger partial charge in [0.25, 0.3) is 5.91 Å². The summed E-state index contributed by atoms with van der Waals surface area (Å²) < 4.78 is 6.15. The van der Waals surface area contributed by atoms with E-state index in [-0.39, 0.29) is 31.0 Å². The van der Waals surface area contributed by atoms with Gasteiger partial charge < -0.3 is 15.4 Å². The second kappa shape index (κ2) is 10.4. The molecule has 2 fully saturated rings. The monoisotopic (exact) mass is 388 g/mol. The number of rotatable bonds is 5. The van der Waals surface area contributed by atoms with Crippen molar-refractivity contribution in [3.63, 3.8) is 0 Å². The van der Waals surface area contributed by atoms with Crippen LogP contribution in [0.4, 0.5) is 0 Å². The summed E-state index contributed by atoms with van der Waals surface area (Å²) in [6.45, 7) is 1.99. The number of nitrogens with one attached hydrogen (secondary N) is 2. The van der Waals surface area contributed by atoms with E-state index in [1.165, 1.54) is 23.5 Å². The summed E-state index contributed by atoms with van der Waals surface area (Å²) in [5.41, 5.74) is 1.34. The molecule has 1 atom stereocenters. The first-order valence-electron chi connectivity index (χ1n) is 8.27. The molecule has 1 amide bonds. The predicted octanol–water partition coefficient (Wildman–Crippen LogP) is 3.22. The van der Waals surface area contributed by atoms with Gasteiger partial charge in [-0.3, -0.25) is 4.79 Å². The first-order valence-corrected chi connectivity index (χ1v) is 10.4. The van der Waals surface area contributed by atoms with E-state index in [0.717, 1.165) is 31.7 Å². The molecule has 24 heavy (non-hydrogen) atoms. The third kappa shape index (κ3) is 6.06. The third-order valence-corrected chi connectivity index (χ3v) is 7.03. The molecule has 1 aromatic rings. The van der Waals surface area contributed by atoms with E-state index in [1.807, 2.05) is 35.7 Å². The lowest BCUT2D eigenvalue weighted by Gasteiger charge is -2.23. The van der Waals surface area contributed by atoms with Gasteiger partial charge in [-0.2, -0.15) is 0 Å². The van der Waals surface area contributed by atoms with Crippen molar-refractivity contribution in [3.8, 4) is 5.75 Å². The topological polar surface area (TPSA) is 50.4 Å². The van der Waals surface area contributed by atoms with Crippen LogP contribution in [0.15, 0.2) is 24.3 Å². The van der Waals surface area contributed by atoms with Crippen LogP contribution in [0.1, 0.15) is 29.4 Å². The van der Waals surface area contributed by atoms with Crippen molar-refractivity contribution in [3.05, 3.63) is 29.8 Å². The number of piperidine rings is 1. The van der Waals surface area contributed by atoms with Crippen LogP contribution < -0.4 is 15.4 Å². The number of carbonyl (C=O) groups excluding carboxylic acids is 1. The lowest BCUT2D eigenvalue weighted by atomic mass is 10.1. The Morgan fingerprint density at radius 1 is 1.21 bits per heavy atom. The highest BCUT2D eigenvalue weighted by atomic mass is 35.5. The molecule has 3 rings (SSSR count). The summed E-state index contributed by atoms with van der Waals surface area (Å²) >= 11 is 4.02. The number of ether oxygens (including phenoxy) is 1. The Hall–Kier alpha value is -0.560. The highest BCUT2D eigenvalue weighted by molar-refractivity contribution is 8.16. The molecule has 2 saturated heterocycles. The second-order valence-corrected chi connectivity index (χ2v) is 8.62. The van der Waals surface area contributed by atoms with E-state index in [2.05, 4.69) is 22.8 Å². The highest BCUT2D eigenvalue weighted by Crippen LogP contribution is 2.43. The van der Waals surface area contributed by atoms with Gasteiger partial charge in [0, 0.05) is 12.6 Å². The van der Waals surface area contributed by atoms with Crippen LogP contribution in [-0.4, -0.2) is 43.2 Å². The molecular weight excluding hydrogens is 364 g/mol. The van der Waals surface area contributed by atoms with Gasteiger partial charge in [-0.15, -0.1) is 35.9 Å². The lowest BCUT2D eigenvalue weighted by molar-refractivity contribution is -0.123. The number of thioether (sulfide) groups is 2. The first kappa shape index (κ1) is 19.8. The maximum absolute atomic E-state index is 11.9. The van der Waals surface area contributed by atoms with Crippen LogP contribution in [0.2, 0.25) is 0 Å². The van der Waals surface area contributed by atoms with Crippen LogP contribution in [0, 0.1) is 0 Å². The summed E-state index contributed by atoms with van der Waals surface area (Å²) in [4.78, 5) is 11.9. The van der Waals surface area contributed by atoms with Gasteiger partial charge in [-0.25, -0.2) is 0 Å². The molecular formula is C17H25ClN2O2S2. The van der Waals surface area contributed by atoms with E-state index in [1.54, 1.807) is 0 Å². The average Bonchev–Trinajstić information content (AvgIpc) is 2.62. The van der Waals surface area contributed by atoms with Gasteiger partial charge >= 0.3 is 0 Å². The largest absolute Gasteiger partial charge is 0.484 e. The molecule has 2 aliphatic rings. The van der Waals surface area contributed by atoms with Gasteiger partial charge in [0.2, 0.25) is 0 Å². The van der Waals surface area contributed by atoms with Gasteiger partial charge in [0.1, 0.15) is 5.75 Å². The summed E-state index contributed by atoms with van der Waals surface area (Å²) in [5, 5.41) is 6.31. The molecule has 2 heterocycles. The maximum atomic E-state index is 11.9. The van der Waals surface area contributed by atoms with Crippen molar-refractivity contribution in [2.45, 2.75) is 29.9 Å². The minimum atomic E-state index is -0.0406. The van der Waals surface area contributed by atoms with Crippen LogP contribution >= 0.6 is 35.9 Å². The summed E-state index contributed by atoms with van der Waals surface area (Å²) in [7, 11) is 0. The van der Waals surface area contributed by atoms with Crippen molar-refractivity contribution in [1.82, 2.24) is 10.6 Å². The summed E-state index contributed by atoms with van der Waals surface area (Å²) in [6, 6.07) is 8.42. The molecule has 1 aromatic carbocycles. The minimum Gasteiger partial charge on any atom is -0.484 e. The van der Waals surface area contributed by atoms with E-state index < -0.39 is 0 Å². The molecule has 2 N–H and O–H groups in total. The minimum absolute atomic E-state index is 0. The number of hydrogen-bond donors (Lipinski definition) is 2. The van der Waals surface area contributed by atoms with E-state index >= 15 is 0 Å². The Labute approximate surface area is 158 Å². The van der Waals surface area contributed by atoms with Crippen LogP contribution in [0.5, 0.6) is 5.75 Å². The van der Waals surface area contributed by atoms with Crippen molar-refractivity contribution in [2.75, 3.05) is 31.2 Å². The fraction of sp³-hybridized carbons (Fsp3) is 0.588. The number of hydrogen-bond acceptors (Lipinski definition) is 5. The Kier molecular flexibility index (Phi) is 8.59. The molecule has 2 aliphatic heterocycles. The lowest BCUT2D eigenvalue weighted by Crippen LogP contribution is -2.46. The van der Waals surface area contributed by atoms with Crippen LogP contribution in [-0.2, 0) is 4.79 Å². The van der Waals surface area contributed by atoms with Crippen molar-refractivity contribution < 1.29 is 9.53 Å². The average molecular weight is 389 g/mol. The maximum Gasteiger partial charge on any atom is 0.258 e. The standard InChI is InChI=1S/C17H24N2O2S2.ClH/c20-16(19-14-3-1-8-18-11-14)12-21-15-6-4-13(5-7-15)17-22-9-2-10-23-17;/h4-7,14,17-18H,1-3,8-12H2,(H,19,20);1H. The first-order chi connectivity index (χ1) is 11.3. The summed E-state index contributed by atoms with van der Waals surface area (Å²) in [5.74, 6) is 3.20. The van der Waals surface area contributed by atoms with Crippen molar-refractivity contribution >= 4 is 41.8 Å². The predicted molar refractivity (Wildman–Crippen MR) is 105 cm³/mol. The van der Waals surface area contributed by atoms with Crippen molar-refractivity contribution in [2.24, 2.45) is 0 Å². The van der Waals surface area contributed by atoms with Gasteiger partial charge in [-0.05, 0) is 55.0 Å². The normalized spacial score (nSPS) is 21.6. The fourth-order valence-electron chi connectivity index (χ4n) is 2.79. The molecule has 134 valence electrons. The van der Waals surface area contributed by atoms with E-state index in [0.29, 0.717) is 4.58 Å². The van der Waals surface area contributed by atoms with E-state index in [4.69, 9.17) is 4.74 Å².